The highest BCUT2D eigenvalue weighted by molar-refractivity contribution is 7.98. The summed E-state index contributed by atoms with van der Waals surface area (Å²) in [6.45, 7) is 2.73. The average Bonchev–Trinajstić information content (AvgIpc) is 3.53. The molecule has 5 rings (SSSR count). The fourth-order valence-corrected chi connectivity index (χ4v) is 5.82. The molecule has 1 atom stereocenters. The quantitative estimate of drug-likeness (QED) is 0.413. The van der Waals surface area contributed by atoms with Gasteiger partial charge in [0.05, 0.1) is 5.56 Å². The van der Waals surface area contributed by atoms with Crippen molar-refractivity contribution in [3.8, 4) is 0 Å². The van der Waals surface area contributed by atoms with Crippen LogP contribution in [0.15, 0.2) is 71.6 Å². The molecular formula is C29H28F3N3O2S. The van der Waals surface area contributed by atoms with Crippen molar-refractivity contribution in [2.24, 2.45) is 0 Å². The zero-order valence-electron chi connectivity index (χ0n) is 20.9. The Labute approximate surface area is 224 Å². The fourth-order valence-electron chi connectivity index (χ4n) is 5.17. The summed E-state index contributed by atoms with van der Waals surface area (Å²) in [5.41, 5.74) is 2.09. The molecule has 0 radical (unpaired) electrons. The largest absolute Gasteiger partial charge is 0.417 e. The van der Waals surface area contributed by atoms with Crippen molar-refractivity contribution in [1.82, 2.24) is 10.2 Å². The van der Waals surface area contributed by atoms with Gasteiger partial charge < -0.3 is 10.2 Å². The molecule has 3 aromatic rings. The van der Waals surface area contributed by atoms with Crippen molar-refractivity contribution in [2.75, 3.05) is 30.8 Å². The Morgan fingerprint density at radius 2 is 1.76 bits per heavy atom. The van der Waals surface area contributed by atoms with Gasteiger partial charge in [0.15, 0.2) is 0 Å². The van der Waals surface area contributed by atoms with Crippen LogP contribution in [0.4, 0.5) is 18.9 Å². The number of rotatable bonds is 6. The van der Waals surface area contributed by atoms with Crippen LogP contribution in [0.3, 0.4) is 0 Å². The molecule has 1 fully saturated rings. The Morgan fingerprint density at radius 3 is 2.50 bits per heavy atom. The van der Waals surface area contributed by atoms with Gasteiger partial charge in [-0.05, 0) is 60.6 Å². The molecule has 38 heavy (non-hydrogen) atoms. The van der Waals surface area contributed by atoms with E-state index in [9.17, 15) is 22.8 Å². The van der Waals surface area contributed by atoms with Crippen LogP contribution in [0.2, 0.25) is 0 Å². The zero-order chi connectivity index (χ0) is 26.9. The normalized spacial score (nSPS) is 17.5. The predicted octanol–water partition coefficient (Wildman–Crippen LogP) is 5.63. The standard InChI is InChI=1S/C29H28F3N3O2S/c1-38-26-15-20-10-13-35(25(20)16-24(26)29(30,31)32)28(37)22-9-5-8-21(14-22)27(36)33-23-11-12-34(18-23)17-19-6-3-2-4-7-19/h2-9,14-16,23H,10-13,17-18H2,1H3,(H,33,36). The van der Waals surface area contributed by atoms with Crippen LogP contribution in [0.25, 0.3) is 0 Å². The van der Waals surface area contributed by atoms with E-state index in [0.717, 1.165) is 43.9 Å². The van der Waals surface area contributed by atoms with Crippen LogP contribution < -0.4 is 10.2 Å². The number of anilines is 1. The predicted molar refractivity (Wildman–Crippen MR) is 143 cm³/mol. The molecular weight excluding hydrogens is 511 g/mol. The first kappa shape index (κ1) is 26.3. The SMILES string of the molecule is CSc1cc2c(cc1C(F)(F)F)N(C(=O)c1cccc(C(=O)NC3CCN(Cc4ccccc4)C3)c1)CC2. The molecule has 0 spiro atoms. The van der Waals surface area contributed by atoms with Crippen LogP contribution >= 0.6 is 11.8 Å². The van der Waals surface area contributed by atoms with Crippen molar-refractivity contribution in [2.45, 2.75) is 36.5 Å². The van der Waals surface area contributed by atoms with E-state index in [1.807, 2.05) is 18.2 Å². The minimum Gasteiger partial charge on any atom is -0.348 e. The van der Waals surface area contributed by atoms with Crippen molar-refractivity contribution in [1.29, 1.82) is 0 Å². The Kier molecular flexibility index (Phi) is 7.49. The number of hydrogen-bond acceptors (Lipinski definition) is 4. The van der Waals surface area contributed by atoms with Crippen LogP contribution in [0.1, 0.15) is 43.8 Å². The Balaban J connectivity index is 1.27. The minimum atomic E-state index is -4.51. The summed E-state index contributed by atoms with van der Waals surface area (Å²) < 4.78 is 40.9. The molecule has 2 aliphatic rings. The first-order valence-corrected chi connectivity index (χ1v) is 13.7. The van der Waals surface area contributed by atoms with Crippen molar-refractivity contribution in [3.05, 3.63) is 94.5 Å². The lowest BCUT2D eigenvalue weighted by Gasteiger charge is -2.20. The number of nitrogens with one attached hydrogen (secondary N) is 1. The molecule has 2 heterocycles. The fraction of sp³-hybridized carbons (Fsp3) is 0.310. The number of amides is 2. The monoisotopic (exact) mass is 539 g/mol. The van der Waals surface area contributed by atoms with E-state index in [4.69, 9.17) is 0 Å². The first-order valence-electron chi connectivity index (χ1n) is 12.5. The van der Waals surface area contributed by atoms with E-state index in [-0.39, 0.29) is 28.1 Å². The van der Waals surface area contributed by atoms with Gasteiger partial charge in [0, 0.05) is 53.9 Å². The highest BCUT2D eigenvalue weighted by atomic mass is 32.2. The number of likely N-dealkylation sites (tertiary alicyclic amines) is 1. The molecule has 3 aromatic carbocycles. The molecule has 2 aliphatic heterocycles. The molecule has 9 heteroatoms. The van der Waals surface area contributed by atoms with Crippen molar-refractivity contribution < 1.29 is 22.8 Å². The van der Waals surface area contributed by atoms with E-state index in [1.54, 1.807) is 24.5 Å². The summed E-state index contributed by atoms with van der Waals surface area (Å²) in [5.74, 6) is -0.685. The third-order valence-electron chi connectivity index (χ3n) is 7.08. The summed E-state index contributed by atoms with van der Waals surface area (Å²) >= 11 is 1.04. The van der Waals surface area contributed by atoms with Gasteiger partial charge in [0.2, 0.25) is 0 Å². The topological polar surface area (TPSA) is 52.7 Å². The van der Waals surface area contributed by atoms with Gasteiger partial charge in [-0.3, -0.25) is 14.5 Å². The number of carbonyl (C=O) groups excluding carboxylic acids is 2. The van der Waals surface area contributed by atoms with Crippen LogP contribution in [0, 0.1) is 0 Å². The summed E-state index contributed by atoms with van der Waals surface area (Å²) in [6.07, 6.45) is -1.59. The Morgan fingerprint density at radius 1 is 1.00 bits per heavy atom. The minimum absolute atomic E-state index is 0.00227. The number of hydrogen-bond donors (Lipinski definition) is 1. The lowest BCUT2D eigenvalue weighted by molar-refractivity contribution is -0.139. The van der Waals surface area contributed by atoms with Crippen LogP contribution in [-0.4, -0.2) is 48.6 Å². The van der Waals surface area contributed by atoms with E-state index >= 15 is 0 Å². The number of fused-ring (bicyclic) bond motifs is 1. The maximum atomic E-state index is 13.6. The molecule has 1 N–H and O–H groups in total. The maximum absolute atomic E-state index is 13.6. The third-order valence-corrected chi connectivity index (χ3v) is 7.85. The second-order valence-electron chi connectivity index (χ2n) is 9.65. The summed E-state index contributed by atoms with van der Waals surface area (Å²) in [6, 6.07) is 19.2. The Hall–Kier alpha value is -3.30. The van der Waals surface area contributed by atoms with Crippen molar-refractivity contribution in [3.63, 3.8) is 0 Å². The molecule has 1 saturated heterocycles. The average molecular weight is 540 g/mol. The molecule has 2 amide bonds. The number of alkyl halides is 3. The first-order chi connectivity index (χ1) is 18.2. The number of nitrogens with zero attached hydrogens (tertiary/aromatic N) is 2. The van der Waals surface area contributed by atoms with E-state index in [1.165, 1.54) is 22.6 Å². The number of benzene rings is 3. The zero-order valence-corrected chi connectivity index (χ0v) is 21.7. The van der Waals surface area contributed by atoms with Gasteiger partial charge in [0.25, 0.3) is 11.8 Å². The lowest BCUT2D eigenvalue weighted by Crippen LogP contribution is -2.37. The second kappa shape index (κ2) is 10.8. The number of halogens is 3. The van der Waals surface area contributed by atoms with Crippen LogP contribution in [0.5, 0.6) is 0 Å². The smallest absolute Gasteiger partial charge is 0.348 e. The molecule has 0 saturated carbocycles. The molecule has 0 aromatic heterocycles. The van der Waals surface area contributed by atoms with Gasteiger partial charge in [-0.1, -0.05) is 36.4 Å². The van der Waals surface area contributed by atoms with Gasteiger partial charge in [-0.2, -0.15) is 13.2 Å². The summed E-state index contributed by atoms with van der Waals surface area (Å²) in [5, 5.41) is 3.07. The molecule has 1 unspecified atom stereocenters. The third kappa shape index (κ3) is 5.59. The van der Waals surface area contributed by atoms with Gasteiger partial charge in [-0.25, -0.2) is 0 Å². The molecule has 5 nitrogen and oxygen atoms in total. The highest BCUT2D eigenvalue weighted by Crippen LogP contribution is 2.42. The highest BCUT2D eigenvalue weighted by Gasteiger charge is 2.37. The molecule has 0 bridgehead atoms. The van der Waals surface area contributed by atoms with Gasteiger partial charge in [0.1, 0.15) is 0 Å². The second-order valence-corrected chi connectivity index (χ2v) is 10.5. The molecule has 198 valence electrons. The van der Waals surface area contributed by atoms with E-state index < -0.39 is 17.6 Å². The maximum Gasteiger partial charge on any atom is 0.417 e. The summed E-state index contributed by atoms with van der Waals surface area (Å²) in [4.78, 5) is 30.2. The van der Waals surface area contributed by atoms with Gasteiger partial charge in [-0.15, -0.1) is 11.8 Å². The lowest BCUT2D eigenvalue weighted by atomic mass is 10.1. The summed E-state index contributed by atoms with van der Waals surface area (Å²) in [7, 11) is 0. The van der Waals surface area contributed by atoms with Crippen LogP contribution in [-0.2, 0) is 19.1 Å². The van der Waals surface area contributed by atoms with E-state index in [2.05, 4.69) is 22.3 Å². The Bertz CT molecular complexity index is 1350. The molecule has 0 aliphatic carbocycles. The van der Waals surface area contributed by atoms with E-state index in [0.29, 0.717) is 24.1 Å². The van der Waals surface area contributed by atoms with Crippen molar-refractivity contribution >= 4 is 29.3 Å². The number of carbonyl (C=O) groups is 2. The number of thioether (sulfide) groups is 1. The van der Waals surface area contributed by atoms with Gasteiger partial charge >= 0.3 is 6.18 Å².